The first-order chi connectivity index (χ1) is 15.3. The first kappa shape index (κ1) is 19.4. The SMILES string of the molecule is Brc1ccc(-c2c(-c3ccccc3)nc(-c3ccccc3)nc2-c2ccccc2)cc1. The maximum absolute atomic E-state index is 5.08. The van der Waals surface area contributed by atoms with Crippen molar-refractivity contribution in [2.24, 2.45) is 0 Å². The van der Waals surface area contributed by atoms with Crippen molar-refractivity contribution in [1.29, 1.82) is 0 Å². The molecule has 0 aliphatic carbocycles. The van der Waals surface area contributed by atoms with Gasteiger partial charge in [-0.15, -0.1) is 0 Å². The molecule has 0 fully saturated rings. The van der Waals surface area contributed by atoms with Crippen molar-refractivity contribution in [3.8, 4) is 45.0 Å². The van der Waals surface area contributed by atoms with E-state index in [1.165, 1.54) is 0 Å². The highest BCUT2D eigenvalue weighted by molar-refractivity contribution is 9.10. The Balaban J connectivity index is 1.87. The predicted octanol–water partition coefficient (Wildman–Crippen LogP) is 7.91. The van der Waals surface area contributed by atoms with Crippen LogP contribution in [-0.4, -0.2) is 9.97 Å². The Morgan fingerprint density at radius 2 is 0.839 bits per heavy atom. The van der Waals surface area contributed by atoms with Crippen molar-refractivity contribution >= 4 is 15.9 Å². The molecule has 1 aromatic heterocycles. The van der Waals surface area contributed by atoms with E-state index in [4.69, 9.17) is 9.97 Å². The Labute approximate surface area is 190 Å². The van der Waals surface area contributed by atoms with Gasteiger partial charge in [0.15, 0.2) is 5.82 Å². The van der Waals surface area contributed by atoms with Gasteiger partial charge in [-0.05, 0) is 17.7 Å². The van der Waals surface area contributed by atoms with E-state index >= 15 is 0 Å². The first-order valence-corrected chi connectivity index (χ1v) is 10.9. The minimum atomic E-state index is 0.721. The highest BCUT2D eigenvalue weighted by Gasteiger charge is 2.19. The topological polar surface area (TPSA) is 25.8 Å². The maximum Gasteiger partial charge on any atom is 0.160 e. The molecule has 0 aliphatic rings. The molecule has 1 heterocycles. The van der Waals surface area contributed by atoms with Gasteiger partial charge in [-0.25, -0.2) is 9.97 Å². The van der Waals surface area contributed by atoms with E-state index in [-0.39, 0.29) is 0 Å². The molecule has 2 nitrogen and oxygen atoms in total. The van der Waals surface area contributed by atoms with Crippen LogP contribution in [0.3, 0.4) is 0 Å². The van der Waals surface area contributed by atoms with Crippen molar-refractivity contribution in [2.75, 3.05) is 0 Å². The number of benzene rings is 4. The van der Waals surface area contributed by atoms with Crippen LogP contribution in [0.4, 0.5) is 0 Å². The highest BCUT2D eigenvalue weighted by atomic mass is 79.9. The molecule has 0 saturated heterocycles. The number of aromatic nitrogens is 2. The standard InChI is InChI=1S/C28H19BrN2/c29-24-18-16-20(17-19-24)25-26(21-10-4-1-5-11-21)30-28(23-14-8-3-9-15-23)31-27(25)22-12-6-2-7-13-22/h1-19H. The van der Waals surface area contributed by atoms with Gasteiger partial charge >= 0.3 is 0 Å². The molecule has 3 heteroatoms. The zero-order valence-electron chi connectivity index (χ0n) is 16.7. The fourth-order valence-corrected chi connectivity index (χ4v) is 3.94. The number of hydrogen-bond donors (Lipinski definition) is 0. The molecule has 5 aromatic rings. The third-order valence-electron chi connectivity index (χ3n) is 5.17. The first-order valence-electron chi connectivity index (χ1n) is 10.1. The molecule has 0 radical (unpaired) electrons. The summed E-state index contributed by atoms with van der Waals surface area (Å²) in [6.07, 6.45) is 0. The average Bonchev–Trinajstić information content (AvgIpc) is 2.85. The summed E-state index contributed by atoms with van der Waals surface area (Å²) >= 11 is 3.56. The molecule has 0 bridgehead atoms. The molecule has 31 heavy (non-hydrogen) atoms. The Morgan fingerprint density at radius 3 is 1.29 bits per heavy atom. The van der Waals surface area contributed by atoms with E-state index in [9.17, 15) is 0 Å². The van der Waals surface area contributed by atoms with Crippen LogP contribution in [0.5, 0.6) is 0 Å². The molecule has 4 aromatic carbocycles. The summed E-state index contributed by atoms with van der Waals surface area (Å²) in [5.41, 5.74) is 7.10. The van der Waals surface area contributed by atoms with Crippen LogP contribution in [0, 0.1) is 0 Å². The van der Waals surface area contributed by atoms with Gasteiger partial charge in [0.1, 0.15) is 0 Å². The number of nitrogens with zero attached hydrogens (tertiary/aromatic N) is 2. The summed E-state index contributed by atoms with van der Waals surface area (Å²) in [5, 5.41) is 0. The van der Waals surface area contributed by atoms with E-state index in [0.29, 0.717) is 0 Å². The van der Waals surface area contributed by atoms with Crippen molar-refractivity contribution in [3.63, 3.8) is 0 Å². The lowest BCUT2D eigenvalue weighted by atomic mass is 9.94. The quantitative estimate of drug-likeness (QED) is 0.271. The minimum Gasteiger partial charge on any atom is -0.227 e. The second-order valence-electron chi connectivity index (χ2n) is 7.22. The van der Waals surface area contributed by atoms with Gasteiger partial charge in [0.2, 0.25) is 0 Å². The monoisotopic (exact) mass is 462 g/mol. The minimum absolute atomic E-state index is 0.721. The molecule has 0 spiro atoms. The molecule has 148 valence electrons. The maximum atomic E-state index is 5.08. The fraction of sp³-hybridized carbons (Fsp3) is 0. The third-order valence-corrected chi connectivity index (χ3v) is 5.70. The smallest absolute Gasteiger partial charge is 0.160 e. The zero-order valence-corrected chi connectivity index (χ0v) is 18.3. The highest BCUT2D eigenvalue weighted by Crippen LogP contribution is 2.39. The van der Waals surface area contributed by atoms with Crippen LogP contribution in [0.25, 0.3) is 45.0 Å². The molecule has 0 N–H and O–H groups in total. The largest absolute Gasteiger partial charge is 0.227 e. The van der Waals surface area contributed by atoms with Crippen LogP contribution in [-0.2, 0) is 0 Å². The lowest BCUT2D eigenvalue weighted by Crippen LogP contribution is -2.00. The summed E-state index contributed by atoms with van der Waals surface area (Å²) in [6.45, 7) is 0. The van der Waals surface area contributed by atoms with Gasteiger partial charge < -0.3 is 0 Å². The summed E-state index contributed by atoms with van der Waals surface area (Å²) < 4.78 is 1.04. The van der Waals surface area contributed by atoms with Crippen LogP contribution < -0.4 is 0 Å². The predicted molar refractivity (Wildman–Crippen MR) is 131 cm³/mol. The van der Waals surface area contributed by atoms with Gasteiger partial charge in [0.05, 0.1) is 11.4 Å². The lowest BCUT2D eigenvalue weighted by molar-refractivity contribution is 1.18. The summed E-state index contributed by atoms with van der Waals surface area (Å²) in [5.74, 6) is 0.721. The van der Waals surface area contributed by atoms with Gasteiger partial charge in [-0.2, -0.15) is 0 Å². The van der Waals surface area contributed by atoms with E-state index in [1.54, 1.807) is 0 Å². The van der Waals surface area contributed by atoms with Gasteiger partial charge in [-0.1, -0.05) is 119 Å². The van der Waals surface area contributed by atoms with Crippen LogP contribution in [0.1, 0.15) is 0 Å². The Bertz CT molecular complexity index is 1240. The molecule has 0 aliphatic heterocycles. The fourth-order valence-electron chi connectivity index (χ4n) is 3.68. The second kappa shape index (κ2) is 8.66. The van der Waals surface area contributed by atoms with E-state index in [2.05, 4.69) is 76.6 Å². The normalized spacial score (nSPS) is 10.7. The van der Waals surface area contributed by atoms with Crippen LogP contribution in [0.15, 0.2) is 120 Å². The van der Waals surface area contributed by atoms with Crippen molar-refractivity contribution < 1.29 is 0 Å². The molecule has 0 saturated carbocycles. The summed E-state index contributed by atoms with van der Waals surface area (Å²) in [4.78, 5) is 10.2. The summed E-state index contributed by atoms with van der Waals surface area (Å²) in [7, 11) is 0. The molecular formula is C28H19BrN2. The van der Waals surface area contributed by atoms with Crippen molar-refractivity contribution in [1.82, 2.24) is 9.97 Å². The number of rotatable bonds is 4. The zero-order chi connectivity index (χ0) is 21.0. The third kappa shape index (κ3) is 4.05. The van der Waals surface area contributed by atoms with Crippen LogP contribution in [0.2, 0.25) is 0 Å². The molecule has 0 atom stereocenters. The van der Waals surface area contributed by atoms with E-state index in [0.717, 1.165) is 49.5 Å². The molecule has 5 rings (SSSR count). The molecule has 0 amide bonds. The Hall–Kier alpha value is -3.56. The van der Waals surface area contributed by atoms with E-state index in [1.807, 2.05) is 54.6 Å². The van der Waals surface area contributed by atoms with Crippen molar-refractivity contribution in [2.45, 2.75) is 0 Å². The average molecular weight is 463 g/mol. The Kier molecular flexibility index (Phi) is 5.42. The number of hydrogen-bond acceptors (Lipinski definition) is 2. The summed E-state index contributed by atoms with van der Waals surface area (Å²) in [6, 6.07) is 39.2. The van der Waals surface area contributed by atoms with Gasteiger partial charge in [-0.3, -0.25) is 0 Å². The van der Waals surface area contributed by atoms with Crippen molar-refractivity contribution in [3.05, 3.63) is 120 Å². The van der Waals surface area contributed by atoms with E-state index < -0.39 is 0 Å². The lowest BCUT2D eigenvalue weighted by Gasteiger charge is -2.17. The molecular weight excluding hydrogens is 444 g/mol. The number of halogens is 1. The van der Waals surface area contributed by atoms with Gasteiger partial charge in [0.25, 0.3) is 0 Å². The molecule has 0 unspecified atom stereocenters. The van der Waals surface area contributed by atoms with Crippen LogP contribution >= 0.6 is 15.9 Å². The van der Waals surface area contributed by atoms with Gasteiger partial charge in [0, 0.05) is 26.7 Å². The Morgan fingerprint density at radius 1 is 0.419 bits per heavy atom. The second-order valence-corrected chi connectivity index (χ2v) is 8.14.